The summed E-state index contributed by atoms with van der Waals surface area (Å²) in [6.07, 6.45) is 0. The second kappa shape index (κ2) is 5.96. The Morgan fingerprint density at radius 2 is 2.19 bits per heavy atom. The molecule has 2 aromatic heterocycles. The highest BCUT2D eigenvalue weighted by molar-refractivity contribution is 6.29. The van der Waals surface area contributed by atoms with Crippen molar-refractivity contribution in [3.63, 3.8) is 0 Å². The van der Waals surface area contributed by atoms with Crippen LogP contribution < -0.4 is 15.8 Å². The van der Waals surface area contributed by atoms with Crippen molar-refractivity contribution in [1.82, 2.24) is 19.7 Å². The van der Waals surface area contributed by atoms with Gasteiger partial charge in [-0.2, -0.15) is 10.1 Å². The van der Waals surface area contributed by atoms with Crippen LogP contribution in [-0.2, 0) is 11.3 Å². The van der Waals surface area contributed by atoms with Gasteiger partial charge < -0.3 is 10.5 Å². The van der Waals surface area contributed by atoms with Gasteiger partial charge in [-0.25, -0.2) is 4.98 Å². The monoisotopic (exact) mass is 310 g/mol. The van der Waals surface area contributed by atoms with Crippen LogP contribution in [0.25, 0.3) is 0 Å². The van der Waals surface area contributed by atoms with Crippen LogP contribution in [0.1, 0.15) is 11.4 Å². The molecule has 3 N–H and O–H groups in total. The summed E-state index contributed by atoms with van der Waals surface area (Å²) in [5, 5.41) is 6.89. The molecule has 0 aliphatic heterocycles. The van der Waals surface area contributed by atoms with E-state index in [0.717, 1.165) is 5.69 Å². The maximum absolute atomic E-state index is 12.0. The van der Waals surface area contributed by atoms with Crippen LogP contribution in [-0.4, -0.2) is 32.8 Å². The molecule has 0 fully saturated rings. The van der Waals surface area contributed by atoms with E-state index in [1.54, 1.807) is 13.8 Å². The van der Waals surface area contributed by atoms with E-state index in [1.807, 2.05) is 0 Å². The fourth-order valence-electron chi connectivity index (χ4n) is 1.72. The number of aryl methyl sites for hydroxylation is 1. The Kier molecular flexibility index (Phi) is 4.27. The lowest BCUT2D eigenvalue weighted by atomic mass is 10.3. The molecule has 2 rings (SSSR count). The number of nitrogens with two attached hydrogens (primary N) is 1. The maximum Gasteiger partial charge on any atom is 0.248 e. The van der Waals surface area contributed by atoms with Crippen LogP contribution in [0.15, 0.2) is 6.07 Å². The molecule has 0 radical (unpaired) electrons. The van der Waals surface area contributed by atoms with Crippen LogP contribution in [0.5, 0.6) is 5.88 Å². The highest BCUT2D eigenvalue weighted by Crippen LogP contribution is 2.17. The van der Waals surface area contributed by atoms with E-state index in [4.69, 9.17) is 22.1 Å². The first-order valence-corrected chi connectivity index (χ1v) is 6.46. The molecule has 0 saturated carbocycles. The number of ether oxygens (including phenoxy) is 1. The number of hydrogen-bond donors (Lipinski definition) is 2. The first kappa shape index (κ1) is 15.0. The van der Waals surface area contributed by atoms with E-state index < -0.39 is 0 Å². The maximum atomic E-state index is 12.0. The number of methoxy groups -OCH3 is 1. The van der Waals surface area contributed by atoms with Gasteiger partial charge in [-0.3, -0.25) is 14.8 Å². The number of amides is 1. The van der Waals surface area contributed by atoms with Gasteiger partial charge in [0, 0.05) is 6.07 Å². The second-order valence-corrected chi connectivity index (χ2v) is 4.73. The third-order valence-electron chi connectivity index (χ3n) is 2.86. The van der Waals surface area contributed by atoms with Crippen molar-refractivity contribution >= 4 is 29.1 Å². The molecule has 0 spiro atoms. The molecule has 0 aliphatic rings. The Labute approximate surface area is 126 Å². The summed E-state index contributed by atoms with van der Waals surface area (Å²) >= 11 is 5.81. The summed E-state index contributed by atoms with van der Waals surface area (Å²) in [5.74, 6) is -0.00979. The van der Waals surface area contributed by atoms with Crippen LogP contribution in [0, 0.1) is 13.8 Å². The first-order valence-electron chi connectivity index (χ1n) is 6.08. The van der Waals surface area contributed by atoms with Crippen molar-refractivity contribution in [2.45, 2.75) is 20.4 Å². The summed E-state index contributed by atoms with van der Waals surface area (Å²) in [4.78, 5) is 19.9. The van der Waals surface area contributed by atoms with Gasteiger partial charge in [-0.05, 0) is 13.8 Å². The van der Waals surface area contributed by atoms with E-state index in [0.29, 0.717) is 11.4 Å². The Balaban J connectivity index is 2.11. The fraction of sp³-hybridized carbons (Fsp3) is 0.333. The lowest BCUT2D eigenvalue weighted by Crippen LogP contribution is -2.21. The second-order valence-electron chi connectivity index (χ2n) is 4.35. The van der Waals surface area contributed by atoms with Crippen molar-refractivity contribution in [3.05, 3.63) is 22.6 Å². The van der Waals surface area contributed by atoms with E-state index in [2.05, 4.69) is 20.4 Å². The van der Waals surface area contributed by atoms with Gasteiger partial charge in [-0.1, -0.05) is 11.6 Å². The molecular formula is C12H15ClN6O2. The Morgan fingerprint density at radius 1 is 1.48 bits per heavy atom. The lowest BCUT2D eigenvalue weighted by molar-refractivity contribution is -0.117. The largest absolute Gasteiger partial charge is 0.481 e. The Morgan fingerprint density at radius 3 is 2.76 bits per heavy atom. The molecule has 0 atom stereocenters. The topological polar surface area (TPSA) is 108 Å². The summed E-state index contributed by atoms with van der Waals surface area (Å²) in [6.45, 7) is 3.57. The van der Waals surface area contributed by atoms with Crippen molar-refractivity contribution in [2.24, 2.45) is 0 Å². The smallest absolute Gasteiger partial charge is 0.248 e. The van der Waals surface area contributed by atoms with Crippen LogP contribution >= 0.6 is 11.6 Å². The predicted octanol–water partition coefficient (Wildman–Crippen LogP) is 1.17. The van der Waals surface area contributed by atoms with Crippen molar-refractivity contribution in [3.8, 4) is 5.88 Å². The number of hydrogen-bond acceptors (Lipinski definition) is 6. The zero-order chi connectivity index (χ0) is 15.6. The number of nitrogens with one attached hydrogen (secondary N) is 1. The van der Waals surface area contributed by atoms with Gasteiger partial charge in [0.25, 0.3) is 0 Å². The molecule has 0 aliphatic carbocycles. The third-order valence-corrected chi connectivity index (χ3v) is 3.06. The third kappa shape index (κ3) is 3.40. The van der Waals surface area contributed by atoms with E-state index in [9.17, 15) is 4.79 Å². The molecule has 8 nitrogen and oxygen atoms in total. The van der Waals surface area contributed by atoms with Gasteiger partial charge in [0.15, 0.2) is 0 Å². The molecule has 21 heavy (non-hydrogen) atoms. The van der Waals surface area contributed by atoms with Gasteiger partial charge in [-0.15, -0.1) is 0 Å². The minimum atomic E-state index is -0.343. The SMILES string of the molecule is COc1cc(Cl)nc(NC(=O)Cn2nc(C)c(N)c2C)n1. The molecule has 0 saturated heterocycles. The average Bonchev–Trinajstić information content (AvgIpc) is 2.65. The minimum Gasteiger partial charge on any atom is -0.481 e. The quantitative estimate of drug-likeness (QED) is 0.821. The van der Waals surface area contributed by atoms with Gasteiger partial charge in [0.05, 0.1) is 24.2 Å². The summed E-state index contributed by atoms with van der Waals surface area (Å²) in [5.41, 5.74) is 7.80. The van der Waals surface area contributed by atoms with Gasteiger partial charge in [0.1, 0.15) is 11.7 Å². The molecule has 2 aromatic rings. The van der Waals surface area contributed by atoms with Crippen LogP contribution in [0.3, 0.4) is 0 Å². The standard InChI is InChI=1S/C12H15ClN6O2/c1-6-11(14)7(2)19(18-6)5-9(20)16-12-15-8(13)4-10(17-12)21-3/h4H,5,14H2,1-3H3,(H,15,16,17,20). The van der Waals surface area contributed by atoms with E-state index in [1.165, 1.54) is 17.9 Å². The zero-order valence-electron chi connectivity index (χ0n) is 11.8. The number of carbonyl (C=O) groups is 1. The van der Waals surface area contributed by atoms with Crippen molar-refractivity contribution in [1.29, 1.82) is 0 Å². The fourth-order valence-corrected chi connectivity index (χ4v) is 1.90. The summed E-state index contributed by atoms with van der Waals surface area (Å²) < 4.78 is 6.47. The predicted molar refractivity (Wildman–Crippen MR) is 78.3 cm³/mol. The molecule has 0 bridgehead atoms. The molecule has 2 heterocycles. The van der Waals surface area contributed by atoms with Gasteiger partial charge in [0.2, 0.25) is 17.7 Å². The number of nitrogen functional groups attached to an aromatic ring is 1. The molecule has 9 heteroatoms. The van der Waals surface area contributed by atoms with Crippen LogP contribution in [0.2, 0.25) is 5.15 Å². The Hall–Kier alpha value is -2.35. The van der Waals surface area contributed by atoms with Crippen molar-refractivity contribution in [2.75, 3.05) is 18.2 Å². The lowest BCUT2D eigenvalue weighted by Gasteiger charge is -2.07. The molecule has 112 valence electrons. The number of anilines is 2. The number of nitrogens with zero attached hydrogens (tertiary/aromatic N) is 4. The van der Waals surface area contributed by atoms with E-state index in [-0.39, 0.29) is 29.4 Å². The summed E-state index contributed by atoms with van der Waals surface area (Å²) in [7, 11) is 1.45. The average molecular weight is 311 g/mol. The number of halogens is 1. The molecular weight excluding hydrogens is 296 g/mol. The highest BCUT2D eigenvalue weighted by Gasteiger charge is 2.13. The highest BCUT2D eigenvalue weighted by atomic mass is 35.5. The minimum absolute atomic E-state index is 0.00205. The number of aromatic nitrogens is 4. The normalized spacial score (nSPS) is 10.5. The number of carbonyl (C=O) groups excluding carboxylic acids is 1. The molecule has 0 unspecified atom stereocenters. The van der Waals surface area contributed by atoms with Gasteiger partial charge >= 0.3 is 0 Å². The summed E-state index contributed by atoms with van der Waals surface area (Å²) in [6, 6.07) is 1.44. The Bertz CT molecular complexity index is 685. The zero-order valence-corrected chi connectivity index (χ0v) is 12.6. The van der Waals surface area contributed by atoms with Crippen molar-refractivity contribution < 1.29 is 9.53 Å². The molecule has 0 aromatic carbocycles. The number of rotatable bonds is 4. The molecule has 1 amide bonds. The van der Waals surface area contributed by atoms with E-state index >= 15 is 0 Å². The first-order chi connectivity index (χ1) is 9.90. The van der Waals surface area contributed by atoms with Crippen LogP contribution in [0.4, 0.5) is 11.6 Å².